The van der Waals surface area contributed by atoms with Crippen LogP contribution in [0.4, 0.5) is 4.39 Å². The first-order valence-electron chi connectivity index (χ1n) is 6.02. The summed E-state index contributed by atoms with van der Waals surface area (Å²) in [5.41, 5.74) is 1.24. The van der Waals surface area contributed by atoms with Crippen LogP contribution in [0.3, 0.4) is 0 Å². The topological polar surface area (TPSA) is 46.5 Å². The Kier molecular flexibility index (Phi) is 4.50. The van der Waals surface area contributed by atoms with Crippen LogP contribution < -0.4 is 4.74 Å². The van der Waals surface area contributed by atoms with Gasteiger partial charge in [-0.3, -0.25) is 0 Å². The molecule has 0 saturated carbocycles. The van der Waals surface area contributed by atoms with Crippen LogP contribution in [-0.4, -0.2) is 11.1 Å². The quantitative estimate of drug-likeness (QED) is 0.847. The van der Waals surface area contributed by atoms with Crippen molar-refractivity contribution in [2.45, 2.75) is 6.61 Å². The molecule has 0 heterocycles. The van der Waals surface area contributed by atoms with E-state index in [2.05, 4.69) is 0 Å². The molecule has 20 heavy (non-hydrogen) atoms. The number of benzene rings is 2. The molecule has 0 aromatic heterocycles. The van der Waals surface area contributed by atoms with E-state index in [0.29, 0.717) is 11.3 Å². The van der Waals surface area contributed by atoms with E-state index in [4.69, 9.17) is 9.84 Å². The molecule has 0 radical (unpaired) electrons. The molecule has 0 aliphatic rings. The van der Waals surface area contributed by atoms with Gasteiger partial charge in [-0.2, -0.15) is 0 Å². The third-order valence-electron chi connectivity index (χ3n) is 2.65. The largest absolute Gasteiger partial charge is 0.489 e. The Hall–Kier alpha value is -2.62. The van der Waals surface area contributed by atoms with E-state index < -0.39 is 5.97 Å². The van der Waals surface area contributed by atoms with Gasteiger partial charge in [-0.1, -0.05) is 30.3 Å². The molecule has 0 bridgehead atoms. The number of ether oxygens (including phenoxy) is 1. The summed E-state index contributed by atoms with van der Waals surface area (Å²) in [6.45, 7) is 0.150. The van der Waals surface area contributed by atoms with Crippen LogP contribution in [0.2, 0.25) is 0 Å². The summed E-state index contributed by atoms with van der Waals surface area (Å²) in [6.07, 6.45) is 2.55. The first-order chi connectivity index (χ1) is 9.65. The molecule has 2 aromatic carbocycles. The molecule has 0 fully saturated rings. The van der Waals surface area contributed by atoms with Crippen LogP contribution in [0.5, 0.6) is 5.75 Å². The summed E-state index contributed by atoms with van der Waals surface area (Å²) >= 11 is 0. The number of carboxylic acid groups (broad SMARTS) is 1. The second kappa shape index (κ2) is 6.52. The molecule has 4 heteroatoms. The Labute approximate surface area is 115 Å². The molecular weight excluding hydrogens is 259 g/mol. The first-order valence-corrected chi connectivity index (χ1v) is 6.02. The highest BCUT2D eigenvalue weighted by Crippen LogP contribution is 2.16. The number of halogens is 1. The summed E-state index contributed by atoms with van der Waals surface area (Å²) in [6, 6.07) is 13.3. The molecule has 1 N–H and O–H groups in total. The van der Waals surface area contributed by atoms with Crippen molar-refractivity contribution in [2.24, 2.45) is 0 Å². The predicted molar refractivity (Wildman–Crippen MR) is 73.8 cm³/mol. The van der Waals surface area contributed by atoms with E-state index in [1.165, 1.54) is 12.1 Å². The van der Waals surface area contributed by atoms with E-state index >= 15 is 0 Å². The van der Waals surface area contributed by atoms with E-state index in [9.17, 15) is 9.18 Å². The minimum absolute atomic E-state index is 0.150. The molecule has 102 valence electrons. The molecular formula is C16H13FO3. The van der Waals surface area contributed by atoms with Gasteiger partial charge >= 0.3 is 5.97 Å². The van der Waals surface area contributed by atoms with Gasteiger partial charge in [-0.05, 0) is 29.8 Å². The van der Waals surface area contributed by atoms with Gasteiger partial charge in [-0.15, -0.1) is 0 Å². The summed E-state index contributed by atoms with van der Waals surface area (Å²) in [5, 5.41) is 8.52. The number of carbonyl (C=O) groups is 1. The third-order valence-corrected chi connectivity index (χ3v) is 2.65. The Balaban J connectivity index is 1.97. The van der Waals surface area contributed by atoms with Crippen molar-refractivity contribution in [3.8, 4) is 5.75 Å². The monoisotopic (exact) mass is 272 g/mol. The lowest BCUT2D eigenvalue weighted by atomic mass is 10.2. The van der Waals surface area contributed by atoms with Gasteiger partial charge in [0.25, 0.3) is 0 Å². The van der Waals surface area contributed by atoms with Crippen LogP contribution in [0.1, 0.15) is 11.1 Å². The van der Waals surface area contributed by atoms with Crippen LogP contribution in [-0.2, 0) is 11.4 Å². The van der Waals surface area contributed by atoms with Gasteiger partial charge in [0.15, 0.2) is 0 Å². The average molecular weight is 272 g/mol. The minimum Gasteiger partial charge on any atom is -0.489 e. The lowest BCUT2D eigenvalue weighted by Gasteiger charge is -2.07. The second-order valence-electron chi connectivity index (χ2n) is 4.12. The van der Waals surface area contributed by atoms with Crippen molar-refractivity contribution in [1.82, 2.24) is 0 Å². The van der Waals surface area contributed by atoms with Gasteiger partial charge in [-0.25, -0.2) is 9.18 Å². The highest BCUT2D eigenvalue weighted by Gasteiger charge is 2.01. The third kappa shape index (κ3) is 3.95. The highest BCUT2D eigenvalue weighted by atomic mass is 19.1. The fourth-order valence-corrected chi connectivity index (χ4v) is 1.62. The van der Waals surface area contributed by atoms with E-state index in [-0.39, 0.29) is 12.4 Å². The zero-order valence-electron chi connectivity index (χ0n) is 10.6. The fraction of sp³-hybridized carbons (Fsp3) is 0.0625. The summed E-state index contributed by atoms with van der Waals surface area (Å²) < 4.78 is 18.9. The van der Waals surface area contributed by atoms with Crippen molar-refractivity contribution in [2.75, 3.05) is 0 Å². The van der Waals surface area contributed by atoms with Gasteiger partial charge in [0.2, 0.25) is 0 Å². The average Bonchev–Trinajstić information content (AvgIpc) is 2.45. The minimum atomic E-state index is -0.995. The molecule has 0 aliphatic heterocycles. The molecule has 2 aromatic rings. The summed E-state index contributed by atoms with van der Waals surface area (Å²) in [4.78, 5) is 10.4. The predicted octanol–water partition coefficient (Wildman–Crippen LogP) is 3.50. The maximum atomic E-state index is 13.4. The van der Waals surface area contributed by atoms with E-state index in [0.717, 1.165) is 11.6 Å². The smallest absolute Gasteiger partial charge is 0.328 e. The summed E-state index contributed by atoms with van der Waals surface area (Å²) in [7, 11) is 0. The molecule has 0 spiro atoms. The van der Waals surface area contributed by atoms with Crippen molar-refractivity contribution in [3.63, 3.8) is 0 Å². The van der Waals surface area contributed by atoms with E-state index in [1.54, 1.807) is 42.5 Å². The van der Waals surface area contributed by atoms with Crippen molar-refractivity contribution < 1.29 is 19.0 Å². The van der Waals surface area contributed by atoms with Crippen molar-refractivity contribution in [3.05, 3.63) is 71.6 Å². The number of carboxylic acids is 1. The zero-order chi connectivity index (χ0) is 14.4. The Morgan fingerprint density at radius 3 is 2.50 bits per heavy atom. The standard InChI is InChI=1S/C16H13FO3/c17-15-4-2-1-3-13(15)11-20-14-8-5-12(6-9-14)7-10-16(18)19/h1-10H,11H2,(H,18,19)/b10-7-. The summed E-state index contributed by atoms with van der Waals surface area (Å²) in [5.74, 6) is -0.695. The normalized spacial score (nSPS) is 10.7. The molecule has 0 amide bonds. The number of rotatable bonds is 5. The van der Waals surface area contributed by atoms with Gasteiger partial charge < -0.3 is 9.84 Å². The number of hydrogen-bond acceptors (Lipinski definition) is 2. The molecule has 0 atom stereocenters. The lowest BCUT2D eigenvalue weighted by molar-refractivity contribution is -0.131. The second-order valence-corrected chi connectivity index (χ2v) is 4.12. The Morgan fingerprint density at radius 1 is 1.15 bits per heavy atom. The first kappa shape index (κ1) is 13.8. The van der Waals surface area contributed by atoms with E-state index in [1.807, 2.05) is 0 Å². The van der Waals surface area contributed by atoms with Crippen molar-refractivity contribution in [1.29, 1.82) is 0 Å². The van der Waals surface area contributed by atoms with Gasteiger partial charge in [0.05, 0.1) is 0 Å². The molecule has 0 unspecified atom stereocenters. The molecule has 0 saturated heterocycles. The zero-order valence-corrected chi connectivity index (χ0v) is 10.6. The lowest BCUT2D eigenvalue weighted by Crippen LogP contribution is -1.98. The Bertz CT molecular complexity index is 618. The highest BCUT2D eigenvalue weighted by molar-refractivity contribution is 5.85. The van der Waals surface area contributed by atoms with Crippen LogP contribution in [0, 0.1) is 5.82 Å². The van der Waals surface area contributed by atoms with Crippen molar-refractivity contribution >= 4 is 12.0 Å². The number of aliphatic carboxylic acids is 1. The maximum Gasteiger partial charge on any atom is 0.328 e. The SMILES string of the molecule is O=C(O)/C=C\c1ccc(OCc2ccccc2F)cc1. The Morgan fingerprint density at radius 2 is 1.85 bits per heavy atom. The van der Waals surface area contributed by atoms with Crippen LogP contribution >= 0.6 is 0 Å². The fourth-order valence-electron chi connectivity index (χ4n) is 1.62. The molecule has 2 rings (SSSR count). The molecule has 3 nitrogen and oxygen atoms in total. The van der Waals surface area contributed by atoms with Crippen LogP contribution in [0.25, 0.3) is 6.08 Å². The van der Waals surface area contributed by atoms with Gasteiger partial charge in [0.1, 0.15) is 18.2 Å². The van der Waals surface area contributed by atoms with Gasteiger partial charge in [0, 0.05) is 11.6 Å². The maximum absolute atomic E-state index is 13.4. The number of hydrogen-bond donors (Lipinski definition) is 1. The van der Waals surface area contributed by atoms with Crippen LogP contribution in [0.15, 0.2) is 54.6 Å². The molecule has 0 aliphatic carbocycles.